The lowest BCUT2D eigenvalue weighted by Gasteiger charge is -2.38. The Hall–Kier alpha value is -6.00. The molecule has 3 aromatic heterocycles. The van der Waals surface area contributed by atoms with E-state index in [0.29, 0.717) is 29.4 Å². The Balaban J connectivity index is 0.768. The highest BCUT2D eigenvalue weighted by atomic mass is 35.5. The third-order valence-corrected chi connectivity index (χ3v) is 16.1. The third-order valence-electron chi connectivity index (χ3n) is 14.6. The Labute approximate surface area is 430 Å². The molecular weight excluding hydrogens is 948 g/mol. The first-order chi connectivity index (χ1) is 34.3. The Bertz CT molecular complexity index is 2970. The minimum atomic E-state index is -0.811. The van der Waals surface area contributed by atoms with Crippen LogP contribution >= 0.6 is 22.9 Å². The van der Waals surface area contributed by atoms with E-state index in [1.807, 2.05) is 102 Å². The number of ether oxygens (including phenoxy) is 1. The van der Waals surface area contributed by atoms with Gasteiger partial charge in [0.05, 0.1) is 30.0 Å². The molecule has 3 aromatic carbocycles. The zero-order valence-electron chi connectivity index (χ0n) is 42.5. The Morgan fingerprint density at radius 3 is 2.28 bits per heavy atom. The second kappa shape index (κ2) is 20.9. The molecule has 6 aromatic rings. The molecular formula is C56H65ClN8O6S. The van der Waals surface area contributed by atoms with Crippen molar-refractivity contribution in [3.8, 4) is 22.1 Å². The average molecular weight is 1010 g/mol. The molecule has 14 nitrogen and oxygen atoms in total. The fraction of sp³-hybridized carbons (Fsp3) is 0.446. The molecule has 1 saturated carbocycles. The van der Waals surface area contributed by atoms with E-state index in [-0.39, 0.29) is 67.1 Å². The first kappa shape index (κ1) is 50.9. The summed E-state index contributed by atoms with van der Waals surface area (Å²) in [7, 11) is 0. The van der Waals surface area contributed by atoms with Gasteiger partial charge in [-0.3, -0.25) is 23.9 Å². The highest BCUT2D eigenvalue weighted by molar-refractivity contribution is 7.15. The van der Waals surface area contributed by atoms with E-state index in [9.17, 15) is 19.5 Å². The molecule has 2 amide bonds. The summed E-state index contributed by atoms with van der Waals surface area (Å²) >= 11 is 7.97. The Kier molecular flexibility index (Phi) is 14.7. The summed E-state index contributed by atoms with van der Waals surface area (Å²) in [4.78, 5) is 54.3. The fourth-order valence-corrected chi connectivity index (χ4v) is 11.8. The normalized spacial score (nSPS) is 20.9. The van der Waals surface area contributed by atoms with Crippen molar-refractivity contribution in [3.63, 3.8) is 0 Å². The molecule has 0 spiro atoms. The van der Waals surface area contributed by atoms with Crippen LogP contribution in [0.1, 0.15) is 129 Å². The van der Waals surface area contributed by atoms with E-state index in [1.165, 1.54) is 11.3 Å². The third kappa shape index (κ3) is 10.9. The topological polar surface area (TPSA) is 177 Å². The number of benzene rings is 3. The maximum Gasteiger partial charge on any atom is 0.246 e. The number of hydrogen-bond donors (Lipinski definition) is 3. The second-order valence-corrected chi connectivity index (χ2v) is 22.8. The number of aryl methyl sites for hydroxylation is 3. The molecule has 72 heavy (non-hydrogen) atoms. The number of oxazole rings is 1. The van der Waals surface area contributed by atoms with Crippen molar-refractivity contribution in [2.24, 2.45) is 16.3 Å². The van der Waals surface area contributed by atoms with Gasteiger partial charge in [0.2, 0.25) is 11.8 Å². The highest BCUT2D eigenvalue weighted by Gasteiger charge is 2.44. The number of hydrogen-bond acceptors (Lipinski definition) is 12. The molecule has 1 saturated heterocycles. The van der Waals surface area contributed by atoms with Crippen LogP contribution in [0.2, 0.25) is 5.02 Å². The first-order valence-electron chi connectivity index (χ1n) is 25.0. The summed E-state index contributed by atoms with van der Waals surface area (Å²) in [5.41, 5.74) is 6.99. The molecule has 16 heteroatoms. The van der Waals surface area contributed by atoms with Gasteiger partial charge < -0.3 is 29.8 Å². The summed E-state index contributed by atoms with van der Waals surface area (Å²) in [6.45, 7) is 18.2. The quantitative estimate of drug-likeness (QED) is 0.0846. The van der Waals surface area contributed by atoms with Gasteiger partial charge in [-0.25, -0.2) is 4.98 Å². The van der Waals surface area contributed by atoms with Crippen molar-refractivity contribution in [3.05, 3.63) is 134 Å². The monoisotopic (exact) mass is 1010 g/mol. The lowest BCUT2D eigenvalue weighted by molar-refractivity contribution is -0.140. The molecule has 2 fully saturated rings. The highest BCUT2D eigenvalue weighted by Crippen LogP contribution is 2.41. The van der Waals surface area contributed by atoms with Crippen molar-refractivity contribution in [1.29, 1.82) is 0 Å². The Morgan fingerprint density at radius 1 is 0.917 bits per heavy atom. The van der Waals surface area contributed by atoms with E-state index in [1.54, 1.807) is 16.2 Å². The van der Waals surface area contributed by atoms with E-state index >= 15 is 0 Å². The van der Waals surface area contributed by atoms with Crippen LogP contribution in [0.3, 0.4) is 0 Å². The zero-order valence-corrected chi connectivity index (χ0v) is 44.1. The lowest BCUT2D eigenvalue weighted by Crippen LogP contribution is -2.58. The van der Waals surface area contributed by atoms with Gasteiger partial charge in [-0.15, -0.1) is 21.5 Å². The predicted octanol–water partition coefficient (Wildman–Crippen LogP) is 9.74. The van der Waals surface area contributed by atoms with Crippen LogP contribution in [0, 0.1) is 39.0 Å². The lowest BCUT2D eigenvalue weighted by atomic mass is 9.78. The van der Waals surface area contributed by atoms with Crippen molar-refractivity contribution < 1.29 is 28.6 Å². The number of aliphatic hydroxyl groups excluding tert-OH is 1. The summed E-state index contributed by atoms with van der Waals surface area (Å²) in [5.74, 6) is 2.71. The number of nitrogens with zero attached hydrogens (tertiary/aromatic N) is 6. The molecule has 1 aliphatic carbocycles. The van der Waals surface area contributed by atoms with Gasteiger partial charge in [-0.1, -0.05) is 80.9 Å². The van der Waals surface area contributed by atoms with Crippen LogP contribution in [-0.2, 0) is 20.8 Å². The number of β-amino-alcohol motifs (C(OH)–C–C–N with tert-alkyl or cyclic N) is 1. The van der Waals surface area contributed by atoms with E-state index in [2.05, 4.69) is 63.3 Å². The van der Waals surface area contributed by atoms with Crippen LogP contribution in [0.15, 0.2) is 88.6 Å². The minimum Gasteiger partial charge on any atom is -0.490 e. The minimum absolute atomic E-state index is 0.0216. The molecule has 5 heterocycles. The molecule has 3 aliphatic rings. The maximum absolute atomic E-state index is 14.4. The number of halogens is 1. The van der Waals surface area contributed by atoms with Crippen LogP contribution < -0.4 is 15.4 Å². The standard InChI is InChI=1S/C56H65ClN8O6S/c1-30-34(5)72-55-49(30)50(39-16-18-41(57)19-17-39)60-46(53-63-62-35(6)65(53)55)26-42(66)22-37-23-45(24-37)71-44-20-10-36(11-21-44)25-48(68)61-52(56(7,8)9)54(69)64-28-43(67)27-47(64)32(3)59-31(2)38-12-14-40(15-13-38)51-33(4)58-29-70-51/h10-21,29,31-32,37,43,45-47,52,59,67H,22-28H2,1-9H3,(H,61,68)/t31-,32?,37?,43+,45?,46-,47-,52+/m0/s1. The number of likely N-dealkylation sites (tertiary alicyclic amines) is 1. The van der Waals surface area contributed by atoms with Gasteiger partial charge in [0, 0.05) is 64.1 Å². The van der Waals surface area contributed by atoms with Crippen molar-refractivity contribution in [2.75, 3.05) is 6.54 Å². The average Bonchev–Trinajstić information content (AvgIpc) is 4.10. The molecule has 0 radical (unpaired) electrons. The number of rotatable bonds is 16. The number of carbonyl (C=O) groups is 3. The van der Waals surface area contributed by atoms with Gasteiger partial charge in [0.1, 0.15) is 34.4 Å². The summed E-state index contributed by atoms with van der Waals surface area (Å²) in [6, 6.07) is 21.5. The van der Waals surface area contributed by atoms with Gasteiger partial charge in [0.25, 0.3) is 0 Å². The van der Waals surface area contributed by atoms with Gasteiger partial charge in [0.15, 0.2) is 18.0 Å². The fourth-order valence-electron chi connectivity index (χ4n) is 10.5. The van der Waals surface area contributed by atoms with Crippen molar-refractivity contribution in [2.45, 2.75) is 143 Å². The molecule has 1 unspecified atom stereocenters. The molecule has 2 aliphatic heterocycles. The van der Waals surface area contributed by atoms with Crippen LogP contribution in [0.4, 0.5) is 0 Å². The van der Waals surface area contributed by atoms with Crippen LogP contribution in [0.25, 0.3) is 16.3 Å². The number of nitrogens with one attached hydrogen (secondary N) is 2. The summed E-state index contributed by atoms with van der Waals surface area (Å²) in [5, 5.41) is 28.3. The summed E-state index contributed by atoms with van der Waals surface area (Å²) in [6.07, 6.45) is 3.43. The van der Waals surface area contributed by atoms with Crippen molar-refractivity contribution >= 4 is 46.2 Å². The molecule has 3 N–H and O–H groups in total. The SMILES string of the molecule is Cc1ncoc1-c1ccc([C@H](C)NC(C)[C@@H]2C[C@@H](O)CN2C(=O)[C@@H](NC(=O)Cc2ccc(OC3CC(CC(=O)C[C@@H]4N=C(c5ccc(Cl)cc5)c5c(sc(C)c5C)-n5c(C)nnc54)C3)cc2)C(C)(C)C)cc1. The van der Waals surface area contributed by atoms with Gasteiger partial charge >= 0.3 is 0 Å². The number of aliphatic imine (C=N–C) groups is 1. The predicted molar refractivity (Wildman–Crippen MR) is 280 cm³/mol. The van der Waals surface area contributed by atoms with E-state index < -0.39 is 23.6 Å². The molecule has 6 atom stereocenters. The summed E-state index contributed by atoms with van der Waals surface area (Å²) < 4.78 is 14.0. The number of aromatic nitrogens is 4. The Morgan fingerprint density at radius 2 is 1.61 bits per heavy atom. The largest absolute Gasteiger partial charge is 0.490 e. The van der Waals surface area contributed by atoms with Gasteiger partial charge in [-0.2, -0.15) is 0 Å². The van der Waals surface area contributed by atoms with E-state index in [4.69, 9.17) is 25.7 Å². The number of fused-ring (bicyclic) bond motifs is 3. The van der Waals surface area contributed by atoms with Crippen LogP contribution in [-0.4, -0.2) is 89.9 Å². The first-order valence-corrected chi connectivity index (χ1v) is 26.2. The zero-order chi connectivity index (χ0) is 51.2. The van der Waals surface area contributed by atoms with Crippen LogP contribution in [0.5, 0.6) is 5.75 Å². The number of aliphatic hydroxyl groups is 1. The van der Waals surface area contributed by atoms with Crippen molar-refractivity contribution in [1.82, 2.24) is 35.3 Å². The van der Waals surface area contributed by atoms with Gasteiger partial charge in [-0.05, 0) is 113 Å². The number of thiophene rings is 1. The molecule has 9 rings (SSSR count). The number of carbonyl (C=O) groups excluding carboxylic acids is 3. The molecule has 0 bridgehead atoms. The number of ketones is 1. The molecule has 378 valence electrons. The maximum atomic E-state index is 14.4. The van der Waals surface area contributed by atoms with E-state index in [0.717, 1.165) is 74.2 Å². The smallest absolute Gasteiger partial charge is 0.246 e. The number of amides is 2. The second-order valence-electron chi connectivity index (χ2n) is 21.1. The number of Topliss-reactive ketones (excluding diaryl/α,β-unsaturated/α-hetero) is 1.